The van der Waals surface area contributed by atoms with Gasteiger partial charge in [0.25, 0.3) is 5.91 Å². The highest BCUT2D eigenvalue weighted by molar-refractivity contribution is 6.00. The van der Waals surface area contributed by atoms with Gasteiger partial charge in [-0.1, -0.05) is 0 Å². The third-order valence-electron chi connectivity index (χ3n) is 3.68. The van der Waals surface area contributed by atoms with Gasteiger partial charge in [-0.05, 0) is 24.3 Å². The molecule has 1 aliphatic heterocycles. The summed E-state index contributed by atoms with van der Waals surface area (Å²) in [6, 6.07) is 6.32. The van der Waals surface area contributed by atoms with Crippen molar-refractivity contribution in [3.63, 3.8) is 0 Å². The van der Waals surface area contributed by atoms with E-state index in [1.807, 2.05) is 5.32 Å². The third-order valence-corrected chi connectivity index (χ3v) is 3.68. The number of hydrogen-bond acceptors (Lipinski definition) is 2. The molecule has 0 spiro atoms. The number of carbonyl (C=O) groups excluding carboxylic acids is 2. The van der Waals surface area contributed by atoms with Crippen LogP contribution >= 0.6 is 0 Å². The fraction of sp³-hybridized carbons (Fsp3) is 0.429. The van der Waals surface area contributed by atoms with Gasteiger partial charge in [-0.25, -0.2) is 4.39 Å². The molecule has 1 saturated heterocycles. The summed E-state index contributed by atoms with van der Waals surface area (Å²) >= 11 is 0. The summed E-state index contributed by atoms with van der Waals surface area (Å²) in [6.45, 7) is 0.756. The molecule has 20 heavy (non-hydrogen) atoms. The summed E-state index contributed by atoms with van der Waals surface area (Å²) in [5.41, 5.74) is 0.623. The lowest BCUT2D eigenvalue weighted by atomic mass is 10.3. The highest BCUT2D eigenvalue weighted by Crippen LogP contribution is 2.19. The summed E-state index contributed by atoms with van der Waals surface area (Å²) in [7, 11) is 0. The highest BCUT2D eigenvalue weighted by atomic mass is 19.1. The van der Waals surface area contributed by atoms with Gasteiger partial charge in [0.1, 0.15) is 19.0 Å². The Hall–Kier alpha value is -1.95. The highest BCUT2D eigenvalue weighted by Gasteiger charge is 2.33. The molecule has 1 aliphatic carbocycles. The molecular formula is C14H17FN3O2+. The fourth-order valence-electron chi connectivity index (χ4n) is 2.29. The van der Waals surface area contributed by atoms with Crippen molar-refractivity contribution < 1.29 is 19.3 Å². The Morgan fingerprint density at radius 3 is 2.65 bits per heavy atom. The van der Waals surface area contributed by atoms with E-state index in [4.69, 9.17) is 0 Å². The van der Waals surface area contributed by atoms with E-state index in [1.54, 1.807) is 17.0 Å². The van der Waals surface area contributed by atoms with Gasteiger partial charge in [0.2, 0.25) is 5.91 Å². The first-order valence-corrected chi connectivity index (χ1v) is 6.80. The molecule has 0 atom stereocenters. The minimum absolute atomic E-state index is 0.0186. The third kappa shape index (κ3) is 2.80. The van der Waals surface area contributed by atoms with Crippen LogP contribution < -0.4 is 10.2 Å². The van der Waals surface area contributed by atoms with Crippen molar-refractivity contribution in [2.75, 3.05) is 24.7 Å². The van der Waals surface area contributed by atoms with Crippen molar-refractivity contribution in [1.82, 2.24) is 4.90 Å². The van der Waals surface area contributed by atoms with Crippen molar-refractivity contribution >= 4 is 17.5 Å². The first kappa shape index (κ1) is 13.1. The Bertz CT molecular complexity index is 528. The van der Waals surface area contributed by atoms with E-state index < -0.39 is 0 Å². The van der Waals surface area contributed by atoms with Crippen LogP contribution in [0.1, 0.15) is 12.8 Å². The zero-order valence-electron chi connectivity index (χ0n) is 11.1. The molecule has 2 amide bonds. The van der Waals surface area contributed by atoms with Crippen LogP contribution in [-0.2, 0) is 9.59 Å². The first-order valence-electron chi connectivity index (χ1n) is 6.80. The van der Waals surface area contributed by atoms with Crippen LogP contribution in [0.25, 0.3) is 0 Å². The maximum Gasteiger partial charge on any atom is 0.279 e. The molecule has 1 aromatic rings. The number of quaternary nitrogens is 1. The summed E-state index contributed by atoms with van der Waals surface area (Å²) in [5.74, 6) is -0.487. The van der Waals surface area contributed by atoms with Crippen LogP contribution in [0.4, 0.5) is 10.1 Å². The molecule has 106 valence electrons. The normalized spacial score (nSPS) is 18.8. The summed E-state index contributed by atoms with van der Waals surface area (Å²) in [4.78, 5) is 27.0. The largest absolute Gasteiger partial charge is 0.336 e. The Labute approximate surface area is 116 Å². The monoisotopic (exact) mass is 278 g/mol. The molecule has 0 unspecified atom stereocenters. The Balaban J connectivity index is 1.62. The minimum Gasteiger partial charge on any atom is -0.336 e. The van der Waals surface area contributed by atoms with Crippen LogP contribution in [0.15, 0.2) is 24.3 Å². The number of rotatable bonds is 4. The van der Waals surface area contributed by atoms with E-state index in [0.29, 0.717) is 18.3 Å². The molecule has 5 nitrogen and oxygen atoms in total. The second-order valence-electron chi connectivity index (χ2n) is 5.31. The van der Waals surface area contributed by atoms with Gasteiger partial charge in [0.05, 0.1) is 6.04 Å². The lowest BCUT2D eigenvalue weighted by Gasteiger charge is -2.17. The van der Waals surface area contributed by atoms with Gasteiger partial charge in [-0.3, -0.25) is 14.5 Å². The number of benzene rings is 1. The molecule has 1 heterocycles. The lowest BCUT2D eigenvalue weighted by Crippen LogP contribution is -2.88. The molecule has 2 fully saturated rings. The van der Waals surface area contributed by atoms with Crippen molar-refractivity contribution in [2.45, 2.75) is 18.9 Å². The van der Waals surface area contributed by atoms with Crippen molar-refractivity contribution in [3.8, 4) is 0 Å². The van der Waals surface area contributed by atoms with E-state index in [2.05, 4.69) is 0 Å². The molecule has 0 bridgehead atoms. The van der Waals surface area contributed by atoms with Gasteiger partial charge < -0.3 is 10.2 Å². The van der Waals surface area contributed by atoms with E-state index in [0.717, 1.165) is 0 Å². The smallest absolute Gasteiger partial charge is 0.279 e. The number of hydrogen-bond donors (Lipinski definition) is 1. The van der Waals surface area contributed by atoms with E-state index >= 15 is 0 Å². The average Bonchev–Trinajstić information content (AvgIpc) is 3.19. The number of nitrogens with two attached hydrogens (primary N) is 1. The Morgan fingerprint density at radius 2 is 2.00 bits per heavy atom. The van der Waals surface area contributed by atoms with Crippen LogP contribution in [0.5, 0.6) is 0 Å². The van der Waals surface area contributed by atoms with Crippen molar-refractivity contribution in [1.29, 1.82) is 0 Å². The maximum atomic E-state index is 12.9. The molecule has 6 heteroatoms. The zero-order valence-corrected chi connectivity index (χ0v) is 11.1. The second kappa shape index (κ2) is 5.20. The van der Waals surface area contributed by atoms with E-state index in [1.165, 1.54) is 29.9 Å². The van der Waals surface area contributed by atoms with Crippen molar-refractivity contribution in [3.05, 3.63) is 30.1 Å². The second-order valence-corrected chi connectivity index (χ2v) is 5.31. The molecular weight excluding hydrogens is 261 g/mol. The van der Waals surface area contributed by atoms with Gasteiger partial charge in [0.15, 0.2) is 6.54 Å². The van der Waals surface area contributed by atoms with E-state index in [9.17, 15) is 14.0 Å². The van der Waals surface area contributed by atoms with Gasteiger partial charge in [0, 0.05) is 18.5 Å². The number of carbonyl (C=O) groups is 2. The molecule has 1 aromatic carbocycles. The van der Waals surface area contributed by atoms with E-state index in [-0.39, 0.29) is 30.8 Å². The minimum atomic E-state index is -0.340. The predicted octanol–water partition coefficient (Wildman–Crippen LogP) is -0.316. The lowest BCUT2D eigenvalue weighted by molar-refractivity contribution is -0.658. The number of nitrogens with zero attached hydrogens (tertiary/aromatic N) is 2. The average molecular weight is 278 g/mol. The van der Waals surface area contributed by atoms with Gasteiger partial charge in [-0.15, -0.1) is 0 Å². The van der Waals surface area contributed by atoms with Crippen LogP contribution in [-0.4, -0.2) is 42.5 Å². The summed E-state index contributed by atoms with van der Waals surface area (Å²) in [6.07, 6.45) is 2.35. The summed E-state index contributed by atoms with van der Waals surface area (Å²) < 4.78 is 12.9. The van der Waals surface area contributed by atoms with Crippen LogP contribution in [0, 0.1) is 5.82 Å². The zero-order chi connectivity index (χ0) is 14.1. The topological polar surface area (TPSA) is 57.2 Å². The van der Waals surface area contributed by atoms with Gasteiger partial charge >= 0.3 is 0 Å². The van der Waals surface area contributed by atoms with Crippen LogP contribution in [0.2, 0.25) is 0 Å². The molecule has 1 saturated carbocycles. The molecule has 3 rings (SSSR count). The fourth-order valence-corrected chi connectivity index (χ4v) is 2.29. The molecule has 2 aliphatic rings. The molecule has 0 aromatic heterocycles. The van der Waals surface area contributed by atoms with Crippen LogP contribution in [0.3, 0.4) is 0 Å². The van der Waals surface area contributed by atoms with Gasteiger partial charge in [-0.2, -0.15) is 0 Å². The molecule has 2 N–H and O–H groups in total. The number of amides is 2. The van der Waals surface area contributed by atoms with Crippen molar-refractivity contribution in [2.24, 2.45) is 0 Å². The Morgan fingerprint density at radius 1 is 1.30 bits per heavy atom. The Kier molecular flexibility index (Phi) is 3.40. The number of anilines is 1. The maximum absolute atomic E-state index is 12.9. The SMILES string of the molecule is O=C(C[NH2+]C1CC1)N1CC(=O)N(c2ccc(F)cc2)C1. The predicted molar refractivity (Wildman–Crippen MR) is 70.3 cm³/mol. The quantitative estimate of drug-likeness (QED) is 0.821. The summed E-state index contributed by atoms with van der Waals surface area (Å²) in [5, 5.41) is 2.04. The molecule has 0 radical (unpaired) electrons. The first-order chi connectivity index (χ1) is 9.63. The number of halogens is 1. The standard InChI is InChI=1S/C14H16FN3O2/c15-10-1-5-12(6-2-10)18-9-17(8-14(18)20)13(19)7-16-11-3-4-11/h1-2,5-6,11,16H,3-4,7-9H2/p+1.